The molecule has 0 aromatic heterocycles. The topological polar surface area (TPSA) is 137 Å². The van der Waals surface area contributed by atoms with Crippen LogP contribution in [0.15, 0.2) is 53.5 Å². The molecule has 2 aromatic carbocycles. The minimum absolute atomic E-state index is 0.139. The predicted octanol–water partition coefficient (Wildman–Crippen LogP) is 3.10. The van der Waals surface area contributed by atoms with Crippen molar-refractivity contribution in [3.05, 3.63) is 79.9 Å². The normalized spacial score (nSPS) is 21.2. The molecule has 0 amide bonds. The Morgan fingerprint density at radius 2 is 1.52 bits per heavy atom. The first-order valence-corrected chi connectivity index (χ1v) is 8.70. The van der Waals surface area contributed by atoms with E-state index in [-0.39, 0.29) is 16.9 Å². The van der Waals surface area contributed by atoms with Crippen LogP contribution in [0.1, 0.15) is 30.3 Å². The average molecular weight is 398 g/mol. The third-order valence-electron chi connectivity index (χ3n) is 4.81. The molecule has 3 rings (SSSR count). The predicted molar refractivity (Wildman–Crippen MR) is 103 cm³/mol. The summed E-state index contributed by atoms with van der Waals surface area (Å²) in [6.07, 6.45) is -0.859. The number of aliphatic imine (C=N–C) groups is 1. The minimum atomic E-state index is -0.917. The van der Waals surface area contributed by atoms with Gasteiger partial charge < -0.3 is 4.74 Å². The average Bonchev–Trinajstić information content (AvgIpc) is 2.72. The number of rotatable bonds is 5. The summed E-state index contributed by atoms with van der Waals surface area (Å²) >= 11 is 0. The van der Waals surface area contributed by atoms with E-state index in [0.717, 1.165) is 0 Å². The molecular formula is C19H18N4O6. The maximum atomic E-state index is 12.4. The highest BCUT2D eigenvalue weighted by molar-refractivity contribution is 6.02. The number of hydrogen-bond donors (Lipinski definition) is 1. The third kappa shape index (κ3) is 3.83. The number of ether oxygens (including phenoxy) is 1. The van der Waals surface area contributed by atoms with Crippen molar-refractivity contribution >= 4 is 23.1 Å². The molecule has 1 unspecified atom stereocenters. The molecule has 0 aliphatic carbocycles. The van der Waals surface area contributed by atoms with Gasteiger partial charge in [0.05, 0.1) is 28.6 Å². The third-order valence-corrected chi connectivity index (χ3v) is 4.81. The van der Waals surface area contributed by atoms with Crippen LogP contribution in [0, 0.1) is 26.1 Å². The van der Waals surface area contributed by atoms with Crippen molar-refractivity contribution in [2.24, 2.45) is 10.9 Å². The first-order chi connectivity index (χ1) is 13.8. The zero-order valence-electron chi connectivity index (χ0n) is 15.6. The van der Waals surface area contributed by atoms with Gasteiger partial charge in [-0.05, 0) is 13.0 Å². The van der Waals surface area contributed by atoms with Crippen molar-refractivity contribution in [2.75, 3.05) is 7.11 Å². The molecule has 0 saturated heterocycles. The highest BCUT2D eigenvalue weighted by Crippen LogP contribution is 2.38. The van der Waals surface area contributed by atoms with Crippen LogP contribution in [0.3, 0.4) is 0 Å². The second-order valence-corrected chi connectivity index (χ2v) is 6.45. The molecule has 0 saturated carbocycles. The molecule has 1 N–H and O–H groups in total. The maximum absolute atomic E-state index is 12.4. The number of esters is 1. The molecule has 0 bridgehead atoms. The van der Waals surface area contributed by atoms with Crippen molar-refractivity contribution in [2.45, 2.75) is 19.1 Å². The van der Waals surface area contributed by atoms with E-state index in [2.05, 4.69) is 10.3 Å². The lowest BCUT2D eigenvalue weighted by atomic mass is 9.86. The number of carbonyl (C=O) groups excluding carboxylic acids is 1. The molecule has 0 spiro atoms. The van der Waals surface area contributed by atoms with Gasteiger partial charge in [0.15, 0.2) is 0 Å². The minimum Gasteiger partial charge on any atom is -0.468 e. The standard InChI is InChI=1S/C19H18N4O6/c1-11-16(19(24)29-2)17(12-7-3-5-9-14(12)22(25)26)21-18(20-11)13-8-4-6-10-15(13)23(27)28/h3-10,16-18,21H,1-2H3/t16?,17-,18+/m0/s1. The molecule has 1 heterocycles. The van der Waals surface area contributed by atoms with Gasteiger partial charge in [0.1, 0.15) is 12.1 Å². The van der Waals surface area contributed by atoms with E-state index in [4.69, 9.17) is 4.74 Å². The van der Waals surface area contributed by atoms with Crippen LogP contribution in [0.25, 0.3) is 0 Å². The molecule has 10 heteroatoms. The summed E-state index contributed by atoms with van der Waals surface area (Å²) in [7, 11) is 1.22. The van der Waals surface area contributed by atoms with Crippen molar-refractivity contribution in [3.8, 4) is 0 Å². The molecule has 29 heavy (non-hydrogen) atoms. The lowest BCUT2D eigenvalue weighted by Crippen LogP contribution is -2.43. The Hall–Kier alpha value is -3.66. The van der Waals surface area contributed by atoms with Crippen LogP contribution in [0.4, 0.5) is 11.4 Å². The summed E-state index contributed by atoms with van der Waals surface area (Å²) in [5.41, 5.74) is 0.616. The molecule has 1 aliphatic rings. The van der Waals surface area contributed by atoms with Gasteiger partial charge in [-0.3, -0.25) is 35.3 Å². The van der Waals surface area contributed by atoms with Gasteiger partial charge >= 0.3 is 5.97 Å². The number of nitrogens with zero attached hydrogens (tertiary/aromatic N) is 3. The van der Waals surface area contributed by atoms with Crippen LogP contribution in [0.5, 0.6) is 0 Å². The monoisotopic (exact) mass is 398 g/mol. The van der Waals surface area contributed by atoms with E-state index < -0.39 is 33.9 Å². The molecule has 0 fully saturated rings. The first kappa shape index (κ1) is 20.1. The maximum Gasteiger partial charge on any atom is 0.316 e. The molecule has 3 atom stereocenters. The van der Waals surface area contributed by atoms with E-state index in [1.54, 1.807) is 31.2 Å². The Kier molecular flexibility index (Phi) is 5.64. The van der Waals surface area contributed by atoms with Gasteiger partial charge in [-0.15, -0.1) is 0 Å². The second-order valence-electron chi connectivity index (χ2n) is 6.45. The number of nitro benzene ring substituents is 2. The molecule has 1 aliphatic heterocycles. The smallest absolute Gasteiger partial charge is 0.316 e. The fourth-order valence-corrected chi connectivity index (χ4v) is 3.49. The quantitative estimate of drug-likeness (QED) is 0.464. The fraction of sp³-hybridized carbons (Fsp3) is 0.263. The number of nitrogens with one attached hydrogen (secondary N) is 1. The molecule has 150 valence electrons. The van der Waals surface area contributed by atoms with Gasteiger partial charge in [-0.1, -0.05) is 30.3 Å². The van der Waals surface area contributed by atoms with Gasteiger partial charge in [-0.25, -0.2) is 0 Å². The second kappa shape index (κ2) is 8.15. The van der Waals surface area contributed by atoms with Crippen LogP contribution < -0.4 is 5.32 Å². The Morgan fingerprint density at radius 1 is 1.00 bits per heavy atom. The summed E-state index contributed by atoms with van der Waals surface area (Å²) in [6, 6.07) is 11.3. The first-order valence-electron chi connectivity index (χ1n) is 8.70. The molecule has 0 radical (unpaired) electrons. The van der Waals surface area contributed by atoms with Gasteiger partial charge in [0, 0.05) is 23.4 Å². The van der Waals surface area contributed by atoms with Crippen molar-refractivity contribution in [1.29, 1.82) is 0 Å². The number of hydrogen-bond acceptors (Lipinski definition) is 8. The summed E-state index contributed by atoms with van der Waals surface area (Å²) in [6.45, 7) is 1.60. The van der Waals surface area contributed by atoms with Crippen LogP contribution in [-0.2, 0) is 9.53 Å². The Bertz CT molecular complexity index is 1010. The van der Waals surface area contributed by atoms with Crippen molar-refractivity contribution in [1.82, 2.24) is 5.32 Å². The van der Waals surface area contributed by atoms with Crippen LogP contribution >= 0.6 is 0 Å². The van der Waals surface area contributed by atoms with Crippen molar-refractivity contribution in [3.63, 3.8) is 0 Å². The Morgan fingerprint density at radius 3 is 2.07 bits per heavy atom. The highest BCUT2D eigenvalue weighted by Gasteiger charge is 2.41. The number of methoxy groups -OCH3 is 1. The molecule has 2 aromatic rings. The van der Waals surface area contributed by atoms with E-state index in [0.29, 0.717) is 11.3 Å². The number of para-hydroxylation sites is 2. The Labute approximate surface area is 165 Å². The van der Waals surface area contributed by atoms with Gasteiger partial charge in [0.2, 0.25) is 0 Å². The summed E-state index contributed by atoms with van der Waals surface area (Å²) in [4.78, 5) is 38.8. The fourth-order valence-electron chi connectivity index (χ4n) is 3.49. The van der Waals surface area contributed by atoms with Gasteiger partial charge in [0.25, 0.3) is 11.4 Å². The van der Waals surface area contributed by atoms with Crippen LogP contribution in [0.2, 0.25) is 0 Å². The largest absolute Gasteiger partial charge is 0.468 e. The molecule has 10 nitrogen and oxygen atoms in total. The highest BCUT2D eigenvalue weighted by atomic mass is 16.6. The van der Waals surface area contributed by atoms with Crippen LogP contribution in [-0.4, -0.2) is 28.6 Å². The number of benzene rings is 2. The number of carbonyl (C=O) groups is 1. The van der Waals surface area contributed by atoms with Gasteiger partial charge in [-0.2, -0.15) is 0 Å². The van der Waals surface area contributed by atoms with E-state index >= 15 is 0 Å². The van der Waals surface area contributed by atoms with E-state index in [1.807, 2.05) is 0 Å². The van der Waals surface area contributed by atoms with Crippen molar-refractivity contribution < 1.29 is 19.4 Å². The number of nitro groups is 2. The summed E-state index contributed by atoms with van der Waals surface area (Å²) in [5, 5.41) is 26.0. The summed E-state index contributed by atoms with van der Waals surface area (Å²) in [5.74, 6) is -1.52. The Balaban J connectivity index is 2.15. The zero-order valence-corrected chi connectivity index (χ0v) is 15.6. The molecular weight excluding hydrogens is 380 g/mol. The summed E-state index contributed by atoms with van der Waals surface area (Å²) < 4.78 is 4.88. The zero-order chi connectivity index (χ0) is 21.1. The lowest BCUT2D eigenvalue weighted by Gasteiger charge is -2.34. The van der Waals surface area contributed by atoms with E-state index in [9.17, 15) is 25.0 Å². The van der Waals surface area contributed by atoms with E-state index in [1.165, 1.54) is 31.4 Å². The lowest BCUT2D eigenvalue weighted by molar-refractivity contribution is -0.386. The SMILES string of the molecule is COC(=O)C1C(C)=N[C@@H](c2ccccc2[N+](=O)[O-])N[C@H]1c1ccccc1[N+](=O)[O-].